The highest BCUT2D eigenvalue weighted by Crippen LogP contribution is 2.18. The Bertz CT molecular complexity index is 909. The van der Waals surface area contributed by atoms with Crippen LogP contribution >= 0.6 is 0 Å². The molecular formula is C19H17FN4O3. The number of halogens is 1. The molecule has 3 rings (SSSR count). The van der Waals surface area contributed by atoms with Gasteiger partial charge >= 0.3 is 5.97 Å². The van der Waals surface area contributed by atoms with E-state index in [4.69, 9.17) is 4.74 Å². The molecule has 0 unspecified atom stereocenters. The molecule has 0 aliphatic rings. The van der Waals surface area contributed by atoms with E-state index < -0.39 is 17.7 Å². The van der Waals surface area contributed by atoms with Crippen molar-refractivity contribution in [2.75, 3.05) is 18.1 Å². The molecule has 0 saturated carbocycles. The molecule has 27 heavy (non-hydrogen) atoms. The van der Waals surface area contributed by atoms with Gasteiger partial charge in [0.15, 0.2) is 5.82 Å². The highest BCUT2D eigenvalue weighted by molar-refractivity contribution is 6.08. The minimum atomic E-state index is -0.559. The zero-order valence-corrected chi connectivity index (χ0v) is 14.6. The van der Waals surface area contributed by atoms with Crippen LogP contribution in [0.15, 0.2) is 61.1 Å². The predicted octanol–water partition coefficient (Wildman–Crippen LogP) is 2.62. The fourth-order valence-electron chi connectivity index (χ4n) is 2.45. The molecule has 8 heteroatoms. The lowest BCUT2D eigenvalue weighted by atomic mass is 10.2. The molecule has 2 aromatic heterocycles. The largest absolute Gasteiger partial charge is 0.465 e. The number of amides is 1. The zero-order chi connectivity index (χ0) is 19.2. The van der Waals surface area contributed by atoms with Crippen LogP contribution in [0.4, 0.5) is 10.1 Å². The van der Waals surface area contributed by atoms with Crippen molar-refractivity contribution in [2.45, 2.75) is 6.92 Å². The molecule has 0 fully saturated rings. The van der Waals surface area contributed by atoms with E-state index in [0.717, 1.165) is 0 Å². The van der Waals surface area contributed by atoms with Crippen LogP contribution in [0.5, 0.6) is 0 Å². The van der Waals surface area contributed by atoms with Crippen molar-refractivity contribution in [3.8, 4) is 5.82 Å². The molecule has 3 aromatic rings. The van der Waals surface area contributed by atoms with Gasteiger partial charge < -0.3 is 4.74 Å². The molecule has 0 bridgehead atoms. The number of hydrogen-bond acceptors (Lipinski definition) is 5. The van der Waals surface area contributed by atoms with Crippen molar-refractivity contribution in [3.63, 3.8) is 0 Å². The van der Waals surface area contributed by atoms with Crippen LogP contribution in [-0.2, 0) is 9.53 Å². The van der Waals surface area contributed by atoms with Gasteiger partial charge in [-0.1, -0.05) is 0 Å². The average Bonchev–Trinajstić information content (AvgIpc) is 3.22. The van der Waals surface area contributed by atoms with Crippen molar-refractivity contribution < 1.29 is 18.7 Å². The number of pyridine rings is 1. The van der Waals surface area contributed by atoms with Crippen molar-refractivity contribution in [1.29, 1.82) is 0 Å². The minimum absolute atomic E-state index is 0.199. The number of carbonyl (C=O) groups is 2. The van der Waals surface area contributed by atoms with E-state index in [1.54, 1.807) is 42.2 Å². The van der Waals surface area contributed by atoms with Gasteiger partial charge in [0.05, 0.1) is 12.2 Å². The van der Waals surface area contributed by atoms with E-state index in [1.165, 1.54) is 35.4 Å². The summed E-state index contributed by atoms with van der Waals surface area (Å²) < 4.78 is 19.7. The molecule has 1 aromatic carbocycles. The first kappa shape index (κ1) is 18.2. The molecule has 0 radical (unpaired) electrons. The lowest BCUT2D eigenvalue weighted by Crippen LogP contribution is -2.36. The molecule has 0 atom stereocenters. The molecule has 0 aliphatic heterocycles. The first-order chi connectivity index (χ1) is 13.1. The van der Waals surface area contributed by atoms with Crippen LogP contribution in [0.2, 0.25) is 0 Å². The lowest BCUT2D eigenvalue weighted by Gasteiger charge is -2.22. The van der Waals surface area contributed by atoms with Gasteiger partial charge in [-0.3, -0.25) is 14.5 Å². The number of nitrogens with zero attached hydrogens (tertiary/aromatic N) is 4. The summed E-state index contributed by atoms with van der Waals surface area (Å²) in [6, 6.07) is 10.3. The third-order valence-corrected chi connectivity index (χ3v) is 3.71. The molecule has 1 amide bonds. The summed E-state index contributed by atoms with van der Waals surface area (Å²) >= 11 is 0. The Morgan fingerprint density at radius 3 is 2.56 bits per heavy atom. The highest BCUT2D eigenvalue weighted by atomic mass is 19.1. The van der Waals surface area contributed by atoms with E-state index in [0.29, 0.717) is 11.5 Å². The summed E-state index contributed by atoms with van der Waals surface area (Å²) in [5, 5.41) is 4.07. The Hall–Kier alpha value is -3.55. The molecule has 2 heterocycles. The molecule has 0 saturated heterocycles. The predicted molar refractivity (Wildman–Crippen MR) is 96.1 cm³/mol. The van der Waals surface area contributed by atoms with E-state index in [9.17, 15) is 14.0 Å². The smallest absolute Gasteiger partial charge is 0.326 e. The first-order valence-electron chi connectivity index (χ1n) is 8.27. The van der Waals surface area contributed by atoms with Crippen LogP contribution in [0.25, 0.3) is 5.82 Å². The molecule has 7 nitrogen and oxygen atoms in total. The standard InChI is InChI=1S/C19H17FN4O3/c1-2-27-18(25)13-23(16-7-5-15(20)6-8-16)19(26)14-4-9-17(21-12-14)24-11-3-10-22-24/h3-12H,2,13H2,1H3. The third kappa shape index (κ3) is 4.35. The van der Waals surface area contributed by atoms with Crippen LogP contribution in [-0.4, -0.2) is 39.8 Å². The number of hydrogen-bond donors (Lipinski definition) is 0. The highest BCUT2D eigenvalue weighted by Gasteiger charge is 2.22. The molecule has 0 spiro atoms. The Balaban J connectivity index is 1.87. The van der Waals surface area contributed by atoms with Gasteiger partial charge in [0.25, 0.3) is 5.91 Å². The number of rotatable bonds is 6. The Morgan fingerprint density at radius 1 is 1.19 bits per heavy atom. The maximum atomic E-state index is 13.2. The maximum Gasteiger partial charge on any atom is 0.326 e. The molecular weight excluding hydrogens is 351 g/mol. The SMILES string of the molecule is CCOC(=O)CN(C(=O)c1ccc(-n2cccn2)nc1)c1ccc(F)cc1. The molecule has 0 N–H and O–H groups in total. The number of aromatic nitrogens is 3. The van der Waals surface area contributed by atoms with Gasteiger partial charge in [0.1, 0.15) is 12.4 Å². The summed E-state index contributed by atoms with van der Waals surface area (Å²) in [7, 11) is 0. The average molecular weight is 368 g/mol. The van der Waals surface area contributed by atoms with Crippen molar-refractivity contribution in [2.24, 2.45) is 0 Å². The summed E-state index contributed by atoms with van der Waals surface area (Å²) in [5.74, 6) is -0.895. The minimum Gasteiger partial charge on any atom is -0.465 e. The summed E-state index contributed by atoms with van der Waals surface area (Å²) in [4.78, 5) is 30.3. The summed E-state index contributed by atoms with van der Waals surface area (Å²) in [6.45, 7) is 1.59. The monoisotopic (exact) mass is 368 g/mol. The van der Waals surface area contributed by atoms with Crippen molar-refractivity contribution in [3.05, 3.63) is 72.4 Å². The second-order valence-corrected chi connectivity index (χ2v) is 5.53. The van der Waals surface area contributed by atoms with Crippen LogP contribution in [0.1, 0.15) is 17.3 Å². The van der Waals surface area contributed by atoms with E-state index in [1.807, 2.05) is 0 Å². The quantitative estimate of drug-likeness (QED) is 0.625. The van der Waals surface area contributed by atoms with E-state index in [-0.39, 0.29) is 18.7 Å². The Kier molecular flexibility index (Phi) is 5.55. The fourth-order valence-corrected chi connectivity index (χ4v) is 2.45. The van der Waals surface area contributed by atoms with Crippen LogP contribution in [0, 0.1) is 5.82 Å². The van der Waals surface area contributed by atoms with Crippen molar-refractivity contribution in [1.82, 2.24) is 14.8 Å². The van der Waals surface area contributed by atoms with Gasteiger partial charge in [-0.2, -0.15) is 5.10 Å². The fraction of sp³-hybridized carbons (Fsp3) is 0.158. The number of ether oxygens (including phenoxy) is 1. The normalized spacial score (nSPS) is 10.4. The van der Waals surface area contributed by atoms with Crippen molar-refractivity contribution >= 4 is 17.6 Å². The maximum absolute atomic E-state index is 13.2. The number of carbonyl (C=O) groups excluding carboxylic acids is 2. The van der Waals surface area contributed by atoms with Gasteiger partial charge in [-0.15, -0.1) is 0 Å². The first-order valence-corrected chi connectivity index (χ1v) is 8.27. The van der Waals surface area contributed by atoms with Gasteiger partial charge in [0, 0.05) is 24.3 Å². The molecule has 0 aliphatic carbocycles. The third-order valence-electron chi connectivity index (χ3n) is 3.71. The molecule has 138 valence electrons. The van der Waals surface area contributed by atoms with Gasteiger partial charge in [-0.05, 0) is 49.4 Å². The second kappa shape index (κ2) is 8.22. The van der Waals surface area contributed by atoms with Gasteiger partial charge in [0.2, 0.25) is 0 Å². The Labute approximate surface area is 155 Å². The van der Waals surface area contributed by atoms with Gasteiger partial charge in [-0.25, -0.2) is 14.1 Å². The summed E-state index contributed by atoms with van der Waals surface area (Å²) in [5.41, 5.74) is 0.658. The summed E-state index contributed by atoms with van der Waals surface area (Å²) in [6.07, 6.45) is 4.76. The van der Waals surface area contributed by atoms with E-state index >= 15 is 0 Å². The topological polar surface area (TPSA) is 77.3 Å². The lowest BCUT2D eigenvalue weighted by molar-refractivity contribution is -0.141. The van der Waals surface area contributed by atoms with E-state index in [2.05, 4.69) is 10.1 Å². The zero-order valence-electron chi connectivity index (χ0n) is 14.6. The van der Waals surface area contributed by atoms with Crippen LogP contribution < -0.4 is 4.90 Å². The number of esters is 1. The Morgan fingerprint density at radius 2 is 1.96 bits per heavy atom. The number of anilines is 1. The second-order valence-electron chi connectivity index (χ2n) is 5.53. The van der Waals surface area contributed by atoms with Crippen LogP contribution in [0.3, 0.4) is 0 Å². The number of benzene rings is 1.